The molecule has 13 heteroatoms. The fourth-order valence-corrected chi connectivity index (χ4v) is 3.74. The van der Waals surface area contributed by atoms with Crippen LogP contribution in [0.3, 0.4) is 0 Å². The largest absolute Gasteiger partial charge is 0.457 e. The summed E-state index contributed by atoms with van der Waals surface area (Å²) in [7, 11) is 0. The highest BCUT2D eigenvalue weighted by molar-refractivity contribution is 7.80. The first-order valence-corrected chi connectivity index (χ1v) is 10.4. The molecule has 35 heavy (non-hydrogen) atoms. The predicted octanol–water partition coefficient (Wildman–Crippen LogP) is 5.36. The maximum Gasteiger partial charge on any atom is 0.416 e. The van der Waals surface area contributed by atoms with Crippen molar-refractivity contribution in [2.75, 3.05) is 4.90 Å². The molecule has 3 aromatic rings. The number of anilines is 1. The van der Waals surface area contributed by atoms with Crippen LogP contribution in [-0.4, -0.2) is 21.9 Å². The third-order valence-corrected chi connectivity index (χ3v) is 5.49. The van der Waals surface area contributed by atoms with Gasteiger partial charge in [-0.25, -0.2) is 0 Å². The number of hydrogen-bond donors (Lipinski definition) is 1. The first-order chi connectivity index (χ1) is 16.5. The van der Waals surface area contributed by atoms with Crippen LogP contribution in [0, 0.1) is 10.1 Å². The van der Waals surface area contributed by atoms with Gasteiger partial charge in [0.1, 0.15) is 17.1 Å². The Morgan fingerprint density at radius 1 is 1.11 bits per heavy atom. The van der Waals surface area contributed by atoms with Crippen LogP contribution in [0.25, 0.3) is 17.4 Å². The fraction of sp³-hybridized carbons (Fsp3) is 0.0455. The average molecular weight is 522 g/mol. The van der Waals surface area contributed by atoms with E-state index in [2.05, 4.69) is 5.32 Å². The van der Waals surface area contributed by atoms with Gasteiger partial charge >= 0.3 is 6.18 Å². The highest BCUT2D eigenvalue weighted by atomic mass is 35.5. The molecular weight excluding hydrogens is 511 g/mol. The Morgan fingerprint density at radius 2 is 1.86 bits per heavy atom. The summed E-state index contributed by atoms with van der Waals surface area (Å²) >= 11 is 11.1. The molecule has 4 rings (SSSR count). The quantitative estimate of drug-likeness (QED) is 0.163. The Kier molecular flexibility index (Phi) is 6.17. The molecule has 0 unspecified atom stereocenters. The summed E-state index contributed by atoms with van der Waals surface area (Å²) in [4.78, 5) is 36.7. The van der Waals surface area contributed by atoms with Crippen LogP contribution < -0.4 is 10.2 Å². The standard InChI is InChI=1S/C22H11ClF3N3O5S/c23-17-6-4-13(29(32)33)9-15(17)18-7-5-14(34-18)10-16-19(30)27-21(35)28(20(16)31)12-3-1-2-11(8-12)22(24,25)26/h1-10H,(H,27,30,35)/b16-10+. The number of thiocarbonyl (C=S) groups is 1. The molecule has 0 radical (unpaired) electrons. The van der Waals surface area contributed by atoms with E-state index in [0.29, 0.717) is 0 Å². The van der Waals surface area contributed by atoms with Crippen LogP contribution in [0.15, 0.2) is 64.6 Å². The zero-order valence-electron chi connectivity index (χ0n) is 17.1. The Hall–Kier alpha value is -4.03. The van der Waals surface area contributed by atoms with Gasteiger partial charge in [0, 0.05) is 17.7 Å². The maximum absolute atomic E-state index is 13.1. The van der Waals surface area contributed by atoms with Crippen molar-refractivity contribution >= 4 is 58.2 Å². The molecule has 178 valence electrons. The lowest BCUT2D eigenvalue weighted by Gasteiger charge is -2.29. The summed E-state index contributed by atoms with van der Waals surface area (Å²) < 4.78 is 45.0. The van der Waals surface area contributed by atoms with Gasteiger partial charge in [-0.05, 0) is 54.7 Å². The number of carbonyl (C=O) groups excluding carboxylic acids is 2. The molecule has 1 N–H and O–H groups in total. The van der Waals surface area contributed by atoms with Crippen molar-refractivity contribution in [1.82, 2.24) is 5.32 Å². The number of nitrogens with one attached hydrogen (secondary N) is 1. The molecule has 1 saturated heterocycles. The Bertz CT molecular complexity index is 1430. The van der Waals surface area contributed by atoms with Gasteiger partial charge in [-0.2, -0.15) is 13.2 Å². The van der Waals surface area contributed by atoms with E-state index < -0.39 is 34.1 Å². The molecule has 2 heterocycles. The molecule has 0 atom stereocenters. The number of non-ortho nitro benzene ring substituents is 1. The zero-order chi connectivity index (χ0) is 25.5. The first kappa shape index (κ1) is 24.1. The number of alkyl halides is 3. The summed E-state index contributed by atoms with van der Waals surface area (Å²) in [5, 5.41) is 13.1. The molecule has 1 aliphatic heterocycles. The molecule has 1 fully saturated rings. The van der Waals surface area contributed by atoms with Gasteiger partial charge in [0.25, 0.3) is 17.5 Å². The van der Waals surface area contributed by atoms with Crippen molar-refractivity contribution in [2.24, 2.45) is 0 Å². The van der Waals surface area contributed by atoms with E-state index in [1.165, 1.54) is 36.4 Å². The van der Waals surface area contributed by atoms with Crippen molar-refractivity contribution in [3.8, 4) is 11.3 Å². The third kappa shape index (κ3) is 4.79. The second-order valence-corrected chi connectivity index (χ2v) is 7.92. The lowest BCUT2D eigenvalue weighted by Crippen LogP contribution is -2.54. The van der Waals surface area contributed by atoms with Crippen molar-refractivity contribution in [2.45, 2.75) is 6.18 Å². The molecule has 0 saturated carbocycles. The van der Waals surface area contributed by atoms with Gasteiger partial charge < -0.3 is 4.42 Å². The van der Waals surface area contributed by atoms with E-state index in [0.717, 1.165) is 29.2 Å². The lowest BCUT2D eigenvalue weighted by atomic mass is 10.1. The SMILES string of the molecule is O=C1NC(=S)N(c2cccc(C(F)(F)F)c2)C(=O)/C1=C/c1ccc(-c2cc([N+](=O)[O-])ccc2Cl)o1. The maximum atomic E-state index is 13.1. The van der Waals surface area contributed by atoms with Crippen LogP contribution in [0.5, 0.6) is 0 Å². The van der Waals surface area contributed by atoms with Crippen LogP contribution in [0.2, 0.25) is 5.02 Å². The zero-order valence-corrected chi connectivity index (χ0v) is 18.7. The van der Waals surface area contributed by atoms with Crippen molar-refractivity contribution in [3.05, 3.63) is 86.6 Å². The van der Waals surface area contributed by atoms with Crippen molar-refractivity contribution < 1.29 is 32.1 Å². The molecule has 1 aromatic heterocycles. The molecule has 2 amide bonds. The molecular formula is C22H11ClF3N3O5S. The Balaban J connectivity index is 1.70. The summed E-state index contributed by atoms with van der Waals surface area (Å²) in [6, 6.07) is 10.5. The van der Waals surface area contributed by atoms with E-state index >= 15 is 0 Å². The number of nitrogens with zero attached hydrogens (tertiary/aromatic N) is 2. The van der Waals surface area contributed by atoms with Gasteiger partial charge in [0.05, 0.1) is 21.2 Å². The number of nitro groups is 1. The number of rotatable bonds is 4. The number of halogens is 4. The number of carbonyl (C=O) groups is 2. The molecule has 2 aromatic carbocycles. The van der Waals surface area contributed by atoms with Crippen LogP contribution in [0.4, 0.5) is 24.5 Å². The molecule has 0 spiro atoms. The van der Waals surface area contributed by atoms with E-state index in [9.17, 15) is 32.9 Å². The highest BCUT2D eigenvalue weighted by Gasteiger charge is 2.37. The number of amides is 2. The monoisotopic (exact) mass is 521 g/mol. The number of furan rings is 1. The summed E-state index contributed by atoms with van der Waals surface area (Å²) in [6.07, 6.45) is -3.58. The van der Waals surface area contributed by atoms with Gasteiger partial charge in [0.15, 0.2) is 5.11 Å². The molecule has 8 nitrogen and oxygen atoms in total. The molecule has 1 aliphatic rings. The highest BCUT2D eigenvalue weighted by Crippen LogP contribution is 2.34. The topological polar surface area (TPSA) is 106 Å². The van der Waals surface area contributed by atoms with E-state index in [1.54, 1.807) is 0 Å². The van der Waals surface area contributed by atoms with E-state index in [4.69, 9.17) is 28.2 Å². The van der Waals surface area contributed by atoms with Gasteiger partial charge in [-0.1, -0.05) is 17.7 Å². The number of hydrogen-bond acceptors (Lipinski definition) is 6. The summed E-state index contributed by atoms with van der Waals surface area (Å²) in [6.45, 7) is 0. The van der Waals surface area contributed by atoms with Crippen LogP contribution >= 0.6 is 23.8 Å². The van der Waals surface area contributed by atoms with Crippen molar-refractivity contribution in [3.63, 3.8) is 0 Å². The Morgan fingerprint density at radius 3 is 2.54 bits per heavy atom. The number of benzene rings is 2. The van der Waals surface area contributed by atoms with Gasteiger partial charge in [-0.3, -0.25) is 29.9 Å². The van der Waals surface area contributed by atoms with Gasteiger partial charge in [-0.15, -0.1) is 0 Å². The fourth-order valence-electron chi connectivity index (χ4n) is 3.25. The minimum Gasteiger partial charge on any atom is -0.457 e. The smallest absolute Gasteiger partial charge is 0.416 e. The molecule has 0 bridgehead atoms. The van der Waals surface area contributed by atoms with Crippen LogP contribution in [0.1, 0.15) is 11.3 Å². The predicted molar refractivity (Wildman–Crippen MR) is 123 cm³/mol. The lowest BCUT2D eigenvalue weighted by molar-refractivity contribution is -0.384. The second-order valence-electron chi connectivity index (χ2n) is 7.13. The molecule has 0 aliphatic carbocycles. The third-order valence-electron chi connectivity index (χ3n) is 4.87. The van der Waals surface area contributed by atoms with Gasteiger partial charge in [0.2, 0.25) is 0 Å². The number of nitro benzene ring substituents is 1. The van der Waals surface area contributed by atoms with E-state index in [-0.39, 0.29) is 38.6 Å². The average Bonchev–Trinajstić information content (AvgIpc) is 3.25. The Labute approximate surface area is 204 Å². The summed E-state index contributed by atoms with van der Waals surface area (Å²) in [5.41, 5.74) is -1.67. The second kappa shape index (κ2) is 8.96. The normalized spacial score (nSPS) is 15.5. The minimum absolute atomic E-state index is 0.0119. The minimum atomic E-state index is -4.66. The summed E-state index contributed by atoms with van der Waals surface area (Å²) in [5.74, 6) is -1.71. The van der Waals surface area contributed by atoms with E-state index in [1.807, 2.05) is 0 Å². The first-order valence-electron chi connectivity index (χ1n) is 9.58. The van der Waals surface area contributed by atoms with Crippen molar-refractivity contribution in [1.29, 1.82) is 0 Å². The van der Waals surface area contributed by atoms with Crippen LogP contribution in [-0.2, 0) is 15.8 Å².